The SMILES string of the molecule is Cn1ccc(CNC(=O)CC2CCCCN2)n1. The summed E-state index contributed by atoms with van der Waals surface area (Å²) in [7, 11) is 1.87. The molecule has 0 radical (unpaired) electrons. The monoisotopic (exact) mass is 236 g/mol. The van der Waals surface area contributed by atoms with E-state index in [0.717, 1.165) is 18.7 Å². The van der Waals surface area contributed by atoms with E-state index in [4.69, 9.17) is 0 Å². The number of rotatable bonds is 4. The lowest BCUT2D eigenvalue weighted by molar-refractivity contribution is -0.121. The Morgan fingerprint density at radius 3 is 3.18 bits per heavy atom. The fourth-order valence-electron chi connectivity index (χ4n) is 2.14. The molecule has 0 aliphatic carbocycles. The Morgan fingerprint density at radius 1 is 1.65 bits per heavy atom. The van der Waals surface area contributed by atoms with E-state index in [1.807, 2.05) is 19.3 Å². The second kappa shape index (κ2) is 5.82. The van der Waals surface area contributed by atoms with Crippen LogP contribution in [-0.4, -0.2) is 28.3 Å². The summed E-state index contributed by atoms with van der Waals surface area (Å²) in [6.07, 6.45) is 6.02. The van der Waals surface area contributed by atoms with Gasteiger partial charge in [-0.05, 0) is 25.5 Å². The van der Waals surface area contributed by atoms with Crippen LogP contribution in [0.3, 0.4) is 0 Å². The van der Waals surface area contributed by atoms with Crippen LogP contribution in [0.2, 0.25) is 0 Å². The van der Waals surface area contributed by atoms with E-state index in [-0.39, 0.29) is 5.91 Å². The Hall–Kier alpha value is -1.36. The quantitative estimate of drug-likeness (QED) is 0.803. The average molecular weight is 236 g/mol. The third-order valence-electron chi connectivity index (χ3n) is 3.08. The summed E-state index contributed by atoms with van der Waals surface area (Å²) in [5, 5.41) is 10.5. The number of amides is 1. The topological polar surface area (TPSA) is 59.0 Å². The van der Waals surface area contributed by atoms with Gasteiger partial charge in [0.15, 0.2) is 0 Å². The Bertz CT molecular complexity index is 368. The largest absolute Gasteiger partial charge is 0.350 e. The molecule has 5 nitrogen and oxygen atoms in total. The molecule has 1 fully saturated rings. The zero-order valence-corrected chi connectivity index (χ0v) is 10.3. The predicted octanol–water partition coefficient (Wildman–Crippen LogP) is 0.568. The first-order valence-electron chi connectivity index (χ1n) is 6.22. The van der Waals surface area contributed by atoms with Crippen molar-refractivity contribution >= 4 is 5.91 Å². The van der Waals surface area contributed by atoms with Crippen molar-refractivity contribution in [2.75, 3.05) is 6.54 Å². The number of carbonyl (C=O) groups excluding carboxylic acids is 1. The van der Waals surface area contributed by atoms with Gasteiger partial charge in [0.1, 0.15) is 0 Å². The molecule has 94 valence electrons. The fourth-order valence-corrected chi connectivity index (χ4v) is 2.14. The molecule has 2 heterocycles. The molecule has 1 saturated heterocycles. The number of piperidine rings is 1. The standard InChI is InChI=1S/C12H20N4O/c1-16-7-5-11(15-16)9-14-12(17)8-10-4-2-3-6-13-10/h5,7,10,13H,2-4,6,8-9H2,1H3,(H,14,17). The van der Waals surface area contributed by atoms with E-state index in [0.29, 0.717) is 19.0 Å². The van der Waals surface area contributed by atoms with Crippen LogP contribution >= 0.6 is 0 Å². The van der Waals surface area contributed by atoms with Crippen molar-refractivity contribution in [3.05, 3.63) is 18.0 Å². The minimum absolute atomic E-state index is 0.107. The molecule has 1 atom stereocenters. The third kappa shape index (κ3) is 3.85. The molecule has 1 amide bonds. The van der Waals surface area contributed by atoms with Crippen LogP contribution in [0.4, 0.5) is 0 Å². The molecule has 0 bridgehead atoms. The lowest BCUT2D eigenvalue weighted by atomic mass is 10.0. The van der Waals surface area contributed by atoms with Gasteiger partial charge in [0, 0.05) is 25.7 Å². The van der Waals surface area contributed by atoms with Gasteiger partial charge in [-0.1, -0.05) is 6.42 Å². The van der Waals surface area contributed by atoms with Crippen molar-refractivity contribution in [1.29, 1.82) is 0 Å². The predicted molar refractivity (Wildman–Crippen MR) is 65.3 cm³/mol. The smallest absolute Gasteiger partial charge is 0.221 e. The van der Waals surface area contributed by atoms with Crippen molar-refractivity contribution in [2.45, 2.75) is 38.3 Å². The number of nitrogens with zero attached hydrogens (tertiary/aromatic N) is 2. The molecule has 1 aliphatic heterocycles. The molecule has 0 saturated carbocycles. The van der Waals surface area contributed by atoms with Gasteiger partial charge in [0.25, 0.3) is 0 Å². The number of aromatic nitrogens is 2. The molecule has 2 rings (SSSR count). The van der Waals surface area contributed by atoms with Gasteiger partial charge >= 0.3 is 0 Å². The maximum atomic E-state index is 11.7. The third-order valence-corrected chi connectivity index (χ3v) is 3.08. The highest BCUT2D eigenvalue weighted by molar-refractivity contribution is 5.76. The molecule has 5 heteroatoms. The van der Waals surface area contributed by atoms with Gasteiger partial charge in [-0.15, -0.1) is 0 Å². The van der Waals surface area contributed by atoms with Crippen LogP contribution in [0.15, 0.2) is 12.3 Å². The zero-order chi connectivity index (χ0) is 12.1. The molecular weight excluding hydrogens is 216 g/mol. The second-order valence-corrected chi connectivity index (χ2v) is 4.61. The van der Waals surface area contributed by atoms with Gasteiger partial charge in [0.2, 0.25) is 5.91 Å². The summed E-state index contributed by atoms with van der Waals surface area (Å²) >= 11 is 0. The number of hydrogen-bond acceptors (Lipinski definition) is 3. The van der Waals surface area contributed by atoms with Gasteiger partial charge < -0.3 is 10.6 Å². The summed E-state index contributed by atoms with van der Waals surface area (Å²) < 4.78 is 1.74. The first-order chi connectivity index (χ1) is 8.24. The molecule has 1 aromatic heterocycles. The molecule has 1 aromatic rings. The number of carbonyl (C=O) groups is 1. The van der Waals surface area contributed by atoms with Crippen LogP contribution in [-0.2, 0) is 18.4 Å². The van der Waals surface area contributed by atoms with Crippen LogP contribution in [0.1, 0.15) is 31.4 Å². The highest BCUT2D eigenvalue weighted by atomic mass is 16.1. The first-order valence-corrected chi connectivity index (χ1v) is 6.22. The summed E-state index contributed by atoms with van der Waals surface area (Å²) in [5.74, 6) is 0.107. The van der Waals surface area contributed by atoms with Crippen molar-refractivity contribution in [2.24, 2.45) is 7.05 Å². The van der Waals surface area contributed by atoms with Crippen LogP contribution in [0.5, 0.6) is 0 Å². The lowest BCUT2D eigenvalue weighted by Gasteiger charge is -2.22. The van der Waals surface area contributed by atoms with Crippen molar-refractivity contribution in [3.8, 4) is 0 Å². The lowest BCUT2D eigenvalue weighted by Crippen LogP contribution is -2.38. The highest BCUT2D eigenvalue weighted by Gasteiger charge is 2.16. The maximum Gasteiger partial charge on any atom is 0.221 e. The van der Waals surface area contributed by atoms with Gasteiger partial charge in [0.05, 0.1) is 12.2 Å². The molecule has 1 aliphatic rings. The molecule has 0 aromatic carbocycles. The van der Waals surface area contributed by atoms with Crippen molar-refractivity contribution in [3.63, 3.8) is 0 Å². The number of aryl methyl sites for hydroxylation is 1. The Kier molecular flexibility index (Phi) is 4.14. The van der Waals surface area contributed by atoms with Gasteiger partial charge in [-0.2, -0.15) is 5.10 Å². The second-order valence-electron chi connectivity index (χ2n) is 4.61. The highest BCUT2D eigenvalue weighted by Crippen LogP contribution is 2.09. The van der Waals surface area contributed by atoms with Gasteiger partial charge in [-0.25, -0.2) is 0 Å². The van der Waals surface area contributed by atoms with E-state index in [2.05, 4.69) is 15.7 Å². The summed E-state index contributed by atoms with van der Waals surface area (Å²) in [4.78, 5) is 11.7. The zero-order valence-electron chi connectivity index (χ0n) is 10.3. The van der Waals surface area contributed by atoms with E-state index in [1.54, 1.807) is 4.68 Å². The minimum atomic E-state index is 0.107. The van der Waals surface area contributed by atoms with Crippen LogP contribution in [0, 0.1) is 0 Å². The normalized spacial score (nSPS) is 20.2. The van der Waals surface area contributed by atoms with E-state index in [9.17, 15) is 4.79 Å². The number of hydrogen-bond donors (Lipinski definition) is 2. The summed E-state index contributed by atoms with van der Waals surface area (Å²) in [6, 6.07) is 2.27. The van der Waals surface area contributed by atoms with E-state index >= 15 is 0 Å². The molecule has 17 heavy (non-hydrogen) atoms. The van der Waals surface area contributed by atoms with Gasteiger partial charge in [-0.3, -0.25) is 9.48 Å². The fraction of sp³-hybridized carbons (Fsp3) is 0.667. The van der Waals surface area contributed by atoms with Crippen LogP contribution < -0.4 is 10.6 Å². The molecular formula is C12H20N4O. The van der Waals surface area contributed by atoms with Crippen molar-refractivity contribution in [1.82, 2.24) is 20.4 Å². The average Bonchev–Trinajstić information content (AvgIpc) is 2.74. The molecule has 2 N–H and O–H groups in total. The molecule has 0 spiro atoms. The maximum absolute atomic E-state index is 11.7. The van der Waals surface area contributed by atoms with Crippen molar-refractivity contribution < 1.29 is 4.79 Å². The Morgan fingerprint density at radius 2 is 2.53 bits per heavy atom. The number of nitrogens with one attached hydrogen (secondary N) is 2. The Balaban J connectivity index is 1.70. The van der Waals surface area contributed by atoms with E-state index < -0.39 is 0 Å². The minimum Gasteiger partial charge on any atom is -0.350 e. The van der Waals surface area contributed by atoms with Crippen LogP contribution in [0.25, 0.3) is 0 Å². The molecule has 1 unspecified atom stereocenters. The first kappa shape index (κ1) is 12.1. The summed E-state index contributed by atoms with van der Waals surface area (Å²) in [5.41, 5.74) is 0.900. The summed E-state index contributed by atoms with van der Waals surface area (Å²) in [6.45, 7) is 1.56. The Labute approximate surface area is 102 Å². The van der Waals surface area contributed by atoms with E-state index in [1.165, 1.54) is 12.8 Å².